The molecule has 0 aliphatic carbocycles. The molecule has 4 N–H and O–H groups in total. The van der Waals surface area contributed by atoms with Gasteiger partial charge in [0.2, 0.25) is 5.91 Å². The summed E-state index contributed by atoms with van der Waals surface area (Å²) in [6.07, 6.45) is 1.56. The van der Waals surface area contributed by atoms with Crippen LogP contribution in [0.1, 0.15) is 24.8 Å². The van der Waals surface area contributed by atoms with E-state index < -0.39 is 17.6 Å². The highest BCUT2D eigenvalue weighted by Crippen LogP contribution is 2.32. The number of piperidine rings is 1. The normalized spacial score (nSPS) is 19.4. The second-order valence-corrected chi connectivity index (χ2v) is 7.99. The van der Waals surface area contributed by atoms with Crippen molar-refractivity contribution in [1.82, 2.24) is 0 Å². The van der Waals surface area contributed by atoms with Crippen molar-refractivity contribution in [3.05, 3.63) is 65.1 Å². The number of hydrogen-bond acceptors (Lipinski definition) is 5. The fourth-order valence-electron chi connectivity index (χ4n) is 4.15. The Bertz CT molecular complexity index is 1220. The molecule has 2 aromatic rings. The maximum absolute atomic E-state index is 14.3. The maximum Gasteiger partial charge on any atom is 0.277 e. The molecule has 0 radical (unpaired) electrons. The molecule has 4 rings (SSSR count). The Morgan fingerprint density at radius 1 is 1.03 bits per heavy atom. The molecule has 9 heteroatoms. The van der Waals surface area contributed by atoms with Gasteiger partial charge in [-0.15, -0.1) is 0 Å². The minimum atomic E-state index is -0.872. The van der Waals surface area contributed by atoms with Gasteiger partial charge in [-0.3, -0.25) is 14.4 Å². The van der Waals surface area contributed by atoms with Crippen molar-refractivity contribution in [1.29, 1.82) is 0 Å². The zero-order valence-corrected chi connectivity index (χ0v) is 18.2. The highest BCUT2D eigenvalue weighted by Gasteiger charge is 2.33. The smallest absolute Gasteiger partial charge is 0.277 e. The molecule has 0 atom stereocenters. The first-order valence-corrected chi connectivity index (χ1v) is 10.6. The lowest BCUT2D eigenvalue weighted by Crippen LogP contribution is -2.45. The average Bonchev–Trinajstić information content (AvgIpc) is 3.22. The number of benzene rings is 2. The molecule has 2 aromatic carbocycles. The molecule has 8 nitrogen and oxygen atoms in total. The summed E-state index contributed by atoms with van der Waals surface area (Å²) in [6, 6.07) is 11.2. The molecule has 170 valence electrons. The number of primary amides is 1. The number of hydrogen-bond donors (Lipinski definition) is 2. The van der Waals surface area contributed by atoms with Gasteiger partial charge < -0.3 is 21.3 Å². The number of nitrogens with zero attached hydrogens (tertiary/aromatic N) is 3. The van der Waals surface area contributed by atoms with Crippen LogP contribution in [0, 0.1) is 12.7 Å². The van der Waals surface area contributed by atoms with E-state index in [0.717, 1.165) is 17.7 Å². The van der Waals surface area contributed by atoms with E-state index in [0.29, 0.717) is 18.7 Å². The topological polar surface area (TPSA) is 122 Å². The predicted octanol–water partition coefficient (Wildman–Crippen LogP) is 2.47. The van der Waals surface area contributed by atoms with Crippen molar-refractivity contribution in [2.75, 3.05) is 22.9 Å². The minimum Gasteiger partial charge on any atom is -0.394 e. The van der Waals surface area contributed by atoms with E-state index >= 15 is 0 Å². The Kier molecular flexibility index (Phi) is 5.95. The van der Waals surface area contributed by atoms with E-state index in [1.165, 1.54) is 23.1 Å². The first kappa shape index (κ1) is 22.2. The van der Waals surface area contributed by atoms with E-state index in [-0.39, 0.29) is 41.5 Å². The maximum atomic E-state index is 14.3. The number of nitrogens with two attached hydrogens (primary N) is 2. The van der Waals surface area contributed by atoms with Crippen molar-refractivity contribution in [3.63, 3.8) is 0 Å². The van der Waals surface area contributed by atoms with Crippen LogP contribution in [0.3, 0.4) is 0 Å². The third-order valence-electron chi connectivity index (χ3n) is 5.85. The van der Waals surface area contributed by atoms with Gasteiger partial charge in [0.15, 0.2) is 0 Å². The molecular weight excluding hydrogens is 425 g/mol. The lowest BCUT2D eigenvalue weighted by Gasteiger charge is -2.31. The number of aryl methyl sites for hydroxylation is 1. The summed E-state index contributed by atoms with van der Waals surface area (Å²) < 4.78 is 14.3. The third kappa shape index (κ3) is 4.21. The Hall–Kier alpha value is -4.01. The molecule has 2 saturated heterocycles. The van der Waals surface area contributed by atoms with Crippen molar-refractivity contribution >= 4 is 40.5 Å². The number of aliphatic imine (C=N–C) groups is 1. The zero-order valence-electron chi connectivity index (χ0n) is 18.2. The van der Waals surface area contributed by atoms with Gasteiger partial charge in [-0.1, -0.05) is 12.1 Å². The van der Waals surface area contributed by atoms with E-state index in [4.69, 9.17) is 11.5 Å². The lowest BCUT2D eigenvalue weighted by atomic mass is 9.96. The van der Waals surface area contributed by atoms with E-state index in [1.54, 1.807) is 23.1 Å². The van der Waals surface area contributed by atoms with E-state index in [1.807, 2.05) is 13.0 Å². The molecule has 0 aromatic heterocycles. The van der Waals surface area contributed by atoms with Crippen LogP contribution in [0.4, 0.5) is 21.5 Å². The van der Waals surface area contributed by atoms with Crippen LogP contribution in [-0.4, -0.2) is 36.5 Å². The van der Waals surface area contributed by atoms with Crippen LogP contribution < -0.4 is 21.3 Å². The number of anilines is 2. The van der Waals surface area contributed by atoms with E-state index in [9.17, 15) is 18.8 Å². The van der Waals surface area contributed by atoms with Crippen LogP contribution in [0.2, 0.25) is 0 Å². The van der Waals surface area contributed by atoms with Gasteiger partial charge in [-0.2, -0.15) is 0 Å². The van der Waals surface area contributed by atoms with Gasteiger partial charge in [0.25, 0.3) is 11.8 Å². The molecule has 0 saturated carbocycles. The molecule has 2 heterocycles. The number of carbonyl (C=O) groups excluding carboxylic acids is 3. The predicted molar refractivity (Wildman–Crippen MR) is 124 cm³/mol. The molecule has 2 fully saturated rings. The summed E-state index contributed by atoms with van der Waals surface area (Å²) >= 11 is 0. The van der Waals surface area contributed by atoms with Gasteiger partial charge in [-0.05, 0) is 55.7 Å². The van der Waals surface area contributed by atoms with Gasteiger partial charge >= 0.3 is 0 Å². The second-order valence-electron chi connectivity index (χ2n) is 7.99. The number of rotatable bonds is 4. The number of carbonyl (C=O) groups is 3. The van der Waals surface area contributed by atoms with Crippen LogP contribution >= 0.6 is 0 Å². The average molecular weight is 449 g/mol. The largest absolute Gasteiger partial charge is 0.394 e. The van der Waals surface area contributed by atoms with Crippen LogP contribution in [0.5, 0.6) is 0 Å². The monoisotopic (exact) mass is 449 g/mol. The highest BCUT2D eigenvalue weighted by atomic mass is 19.1. The molecule has 3 amide bonds. The van der Waals surface area contributed by atoms with Crippen molar-refractivity contribution in [2.45, 2.75) is 26.2 Å². The van der Waals surface area contributed by atoms with Crippen LogP contribution in [0.25, 0.3) is 0 Å². The summed E-state index contributed by atoms with van der Waals surface area (Å²) in [4.78, 5) is 44.8. The zero-order chi connectivity index (χ0) is 23.7. The van der Waals surface area contributed by atoms with Crippen LogP contribution in [-0.2, 0) is 14.4 Å². The van der Waals surface area contributed by atoms with E-state index in [2.05, 4.69) is 4.99 Å². The second kappa shape index (κ2) is 8.85. The highest BCUT2D eigenvalue weighted by molar-refractivity contribution is 6.51. The molecule has 2 aliphatic rings. The Morgan fingerprint density at radius 2 is 1.79 bits per heavy atom. The fourth-order valence-corrected chi connectivity index (χ4v) is 4.15. The standard InChI is InChI=1S/C24H24FN5O3/c1-14-13-15(29-11-4-7-20(29)31)8-9-19(14)30-12-10-16(21(26)23(27)32)22(24(30)33)28-18-6-3-2-5-17(18)25/h2-3,5-6,8-9,13H,4,7,10-12,26H2,1H3,(H2,27,32). The summed E-state index contributed by atoms with van der Waals surface area (Å²) in [7, 11) is 0. The SMILES string of the molecule is Cc1cc(N2CCCC2=O)ccc1N1CCC(=C(N)C(N)=O)C(=Nc2ccccc2F)C1=O. The number of para-hydroxylation sites is 1. The van der Waals surface area contributed by atoms with Gasteiger partial charge in [0, 0.05) is 36.5 Å². The first-order chi connectivity index (χ1) is 15.8. The number of halogens is 1. The Balaban J connectivity index is 1.74. The lowest BCUT2D eigenvalue weighted by molar-refractivity contribution is -0.117. The quantitative estimate of drug-likeness (QED) is 0.696. The number of amides is 3. The molecule has 2 aliphatic heterocycles. The summed E-state index contributed by atoms with van der Waals surface area (Å²) in [5.74, 6) is -1.92. The van der Waals surface area contributed by atoms with Gasteiger partial charge in [-0.25, -0.2) is 9.38 Å². The Labute approximate surface area is 190 Å². The molecule has 0 spiro atoms. The molecule has 0 bridgehead atoms. The fraction of sp³-hybridized carbons (Fsp3) is 0.250. The minimum absolute atomic E-state index is 0.0444. The molecular formula is C24H24FN5O3. The summed E-state index contributed by atoms with van der Waals surface area (Å²) in [6.45, 7) is 2.75. The summed E-state index contributed by atoms with van der Waals surface area (Å²) in [5.41, 5.74) is 13.2. The van der Waals surface area contributed by atoms with Crippen molar-refractivity contribution < 1.29 is 18.8 Å². The van der Waals surface area contributed by atoms with Crippen molar-refractivity contribution in [3.8, 4) is 0 Å². The summed E-state index contributed by atoms with van der Waals surface area (Å²) in [5, 5.41) is 0. The molecule has 0 unspecified atom stereocenters. The Morgan fingerprint density at radius 3 is 2.42 bits per heavy atom. The first-order valence-electron chi connectivity index (χ1n) is 10.6. The van der Waals surface area contributed by atoms with Gasteiger partial charge in [0.05, 0.1) is 5.69 Å². The van der Waals surface area contributed by atoms with Crippen LogP contribution in [0.15, 0.2) is 58.7 Å². The molecule has 33 heavy (non-hydrogen) atoms. The van der Waals surface area contributed by atoms with Gasteiger partial charge in [0.1, 0.15) is 17.2 Å². The van der Waals surface area contributed by atoms with Crippen molar-refractivity contribution in [2.24, 2.45) is 16.5 Å². The third-order valence-corrected chi connectivity index (χ3v) is 5.85.